The van der Waals surface area contributed by atoms with Crippen molar-refractivity contribution in [3.05, 3.63) is 35.9 Å². The molecule has 2 fully saturated rings. The number of hydrogen-bond acceptors (Lipinski definition) is 2. The van der Waals surface area contributed by atoms with E-state index in [2.05, 4.69) is 12.2 Å². The quantitative estimate of drug-likeness (QED) is 0.746. The number of nitrogens with zero attached hydrogens (tertiary/aromatic N) is 1. The number of amides is 2. The lowest BCUT2D eigenvalue weighted by Gasteiger charge is -2.33. The van der Waals surface area contributed by atoms with Gasteiger partial charge in [-0.1, -0.05) is 57.2 Å². The molecule has 3 unspecified atom stereocenters. The fourth-order valence-corrected chi connectivity index (χ4v) is 4.60. The average molecular weight is 357 g/mol. The number of carbonyl (C=O) groups is 2. The number of benzene rings is 1. The summed E-state index contributed by atoms with van der Waals surface area (Å²) >= 11 is 0. The molecule has 1 saturated heterocycles. The van der Waals surface area contributed by atoms with Crippen molar-refractivity contribution in [3.63, 3.8) is 0 Å². The molecule has 1 N–H and O–H groups in total. The molecule has 1 aliphatic carbocycles. The van der Waals surface area contributed by atoms with Crippen LogP contribution >= 0.6 is 0 Å². The predicted molar refractivity (Wildman–Crippen MR) is 104 cm³/mol. The maximum atomic E-state index is 13.2. The maximum Gasteiger partial charge on any atom is 0.254 e. The van der Waals surface area contributed by atoms with Crippen LogP contribution in [0.2, 0.25) is 0 Å². The van der Waals surface area contributed by atoms with Crippen LogP contribution in [0.1, 0.15) is 75.1 Å². The summed E-state index contributed by atoms with van der Waals surface area (Å²) < 4.78 is 0. The van der Waals surface area contributed by atoms with E-state index in [1.54, 1.807) is 0 Å². The molecule has 142 valence electrons. The van der Waals surface area contributed by atoms with Gasteiger partial charge in [0.25, 0.3) is 5.91 Å². The van der Waals surface area contributed by atoms with Gasteiger partial charge < -0.3 is 10.2 Å². The minimum absolute atomic E-state index is 0.0196. The van der Waals surface area contributed by atoms with Crippen LogP contribution in [0.3, 0.4) is 0 Å². The van der Waals surface area contributed by atoms with Gasteiger partial charge in [0, 0.05) is 18.2 Å². The third kappa shape index (κ3) is 4.28. The number of fused-ring (bicyclic) bond motifs is 1. The smallest absolute Gasteiger partial charge is 0.254 e. The van der Waals surface area contributed by atoms with Crippen LogP contribution in [0, 0.1) is 5.92 Å². The van der Waals surface area contributed by atoms with E-state index in [-0.39, 0.29) is 23.9 Å². The van der Waals surface area contributed by atoms with Crippen molar-refractivity contribution in [2.45, 2.75) is 76.8 Å². The fraction of sp³-hybridized carbons (Fsp3) is 0.636. The summed E-state index contributed by atoms with van der Waals surface area (Å²) in [5, 5.41) is 3.10. The summed E-state index contributed by atoms with van der Waals surface area (Å²) in [5.41, 5.74) is 0.694. The molecule has 2 aliphatic rings. The van der Waals surface area contributed by atoms with Crippen LogP contribution in [-0.4, -0.2) is 35.3 Å². The molecule has 4 heteroatoms. The molecule has 0 bridgehead atoms. The minimum atomic E-state index is -0.304. The first kappa shape index (κ1) is 18.9. The lowest BCUT2D eigenvalue weighted by molar-refractivity contribution is -0.125. The van der Waals surface area contributed by atoms with E-state index in [9.17, 15) is 9.59 Å². The molecule has 26 heavy (non-hydrogen) atoms. The first-order valence-electron chi connectivity index (χ1n) is 10.4. The highest BCUT2D eigenvalue weighted by Crippen LogP contribution is 2.40. The van der Waals surface area contributed by atoms with Gasteiger partial charge in [0.05, 0.1) is 0 Å². The lowest BCUT2D eigenvalue weighted by atomic mass is 9.84. The van der Waals surface area contributed by atoms with Gasteiger partial charge in [-0.25, -0.2) is 0 Å². The number of rotatable bonds is 7. The molecule has 0 spiro atoms. The topological polar surface area (TPSA) is 49.4 Å². The van der Waals surface area contributed by atoms with Gasteiger partial charge in [-0.05, 0) is 43.7 Å². The Morgan fingerprint density at radius 2 is 1.85 bits per heavy atom. The van der Waals surface area contributed by atoms with Crippen molar-refractivity contribution < 1.29 is 9.59 Å². The highest BCUT2D eigenvalue weighted by Gasteiger charge is 2.47. The van der Waals surface area contributed by atoms with E-state index >= 15 is 0 Å². The molecular formula is C22H32N2O2. The molecule has 1 aromatic carbocycles. The van der Waals surface area contributed by atoms with Crippen molar-refractivity contribution in [1.82, 2.24) is 10.2 Å². The maximum absolute atomic E-state index is 13.2. The Kier molecular flexibility index (Phi) is 6.70. The van der Waals surface area contributed by atoms with Crippen LogP contribution in [0.25, 0.3) is 0 Å². The van der Waals surface area contributed by atoms with Gasteiger partial charge in [-0.15, -0.1) is 0 Å². The summed E-state index contributed by atoms with van der Waals surface area (Å²) in [4.78, 5) is 28.0. The van der Waals surface area contributed by atoms with E-state index in [1.807, 2.05) is 35.2 Å². The zero-order valence-corrected chi connectivity index (χ0v) is 16.0. The molecule has 0 radical (unpaired) electrons. The molecule has 1 saturated carbocycles. The molecule has 0 aromatic heterocycles. The SMILES string of the molecule is CCCCCCNC(=O)C1CC2CCCCC2N1C(=O)c1ccccc1. The van der Waals surface area contributed by atoms with Crippen LogP contribution in [-0.2, 0) is 4.79 Å². The van der Waals surface area contributed by atoms with E-state index < -0.39 is 0 Å². The fourth-order valence-electron chi connectivity index (χ4n) is 4.60. The molecule has 3 atom stereocenters. The van der Waals surface area contributed by atoms with E-state index in [0.717, 1.165) is 45.1 Å². The van der Waals surface area contributed by atoms with E-state index in [4.69, 9.17) is 0 Å². The minimum Gasteiger partial charge on any atom is -0.354 e. The average Bonchev–Trinajstić information content (AvgIpc) is 3.07. The summed E-state index contributed by atoms with van der Waals surface area (Å²) in [5.74, 6) is 0.540. The van der Waals surface area contributed by atoms with Gasteiger partial charge >= 0.3 is 0 Å². The summed E-state index contributed by atoms with van der Waals surface area (Å²) in [6, 6.07) is 9.35. The van der Waals surface area contributed by atoms with E-state index in [1.165, 1.54) is 19.3 Å². The summed E-state index contributed by atoms with van der Waals surface area (Å²) in [7, 11) is 0. The number of unbranched alkanes of at least 4 members (excludes halogenated alkanes) is 3. The lowest BCUT2D eigenvalue weighted by Crippen LogP contribution is -2.49. The Bertz CT molecular complexity index is 601. The van der Waals surface area contributed by atoms with Gasteiger partial charge in [0.1, 0.15) is 6.04 Å². The first-order chi connectivity index (χ1) is 12.7. The molecule has 2 amide bonds. The Morgan fingerprint density at radius 1 is 1.08 bits per heavy atom. The van der Waals surface area contributed by atoms with E-state index in [0.29, 0.717) is 11.5 Å². The number of likely N-dealkylation sites (tertiary alicyclic amines) is 1. The Balaban J connectivity index is 1.69. The summed E-state index contributed by atoms with van der Waals surface area (Å²) in [6.07, 6.45) is 9.95. The third-order valence-electron chi connectivity index (χ3n) is 5.98. The van der Waals surface area contributed by atoms with Crippen molar-refractivity contribution in [1.29, 1.82) is 0 Å². The highest BCUT2D eigenvalue weighted by molar-refractivity contribution is 5.98. The second kappa shape index (κ2) is 9.20. The van der Waals surface area contributed by atoms with Gasteiger partial charge in [-0.3, -0.25) is 9.59 Å². The van der Waals surface area contributed by atoms with Gasteiger partial charge in [0.2, 0.25) is 5.91 Å². The zero-order chi connectivity index (χ0) is 18.4. The second-order valence-corrected chi connectivity index (χ2v) is 7.79. The Morgan fingerprint density at radius 3 is 2.62 bits per heavy atom. The molecule has 1 heterocycles. The Hall–Kier alpha value is -1.84. The predicted octanol–water partition coefficient (Wildman–Crippen LogP) is 4.16. The monoisotopic (exact) mass is 356 g/mol. The number of nitrogens with one attached hydrogen (secondary N) is 1. The Labute approximate surface area is 157 Å². The van der Waals surface area contributed by atoms with Crippen molar-refractivity contribution in [2.24, 2.45) is 5.92 Å². The first-order valence-corrected chi connectivity index (χ1v) is 10.4. The molecule has 4 nitrogen and oxygen atoms in total. The van der Waals surface area contributed by atoms with Crippen LogP contribution in [0.5, 0.6) is 0 Å². The number of carbonyl (C=O) groups excluding carboxylic acids is 2. The largest absolute Gasteiger partial charge is 0.354 e. The molecule has 1 aromatic rings. The van der Waals surface area contributed by atoms with Crippen molar-refractivity contribution in [3.8, 4) is 0 Å². The second-order valence-electron chi connectivity index (χ2n) is 7.79. The van der Waals surface area contributed by atoms with Crippen LogP contribution in [0.15, 0.2) is 30.3 Å². The van der Waals surface area contributed by atoms with Gasteiger partial charge in [0.15, 0.2) is 0 Å². The van der Waals surface area contributed by atoms with Gasteiger partial charge in [-0.2, -0.15) is 0 Å². The molecular weight excluding hydrogens is 324 g/mol. The summed E-state index contributed by atoms with van der Waals surface area (Å²) in [6.45, 7) is 2.91. The standard InChI is InChI=1S/C22H32N2O2/c1-2-3-4-10-15-23-21(25)20-16-18-13-8-9-14-19(18)24(20)22(26)17-11-6-5-7-12-17/h5-7,11-12,18-20H,2-4,8-10,13-16H2,1H3,(H,23,25). The normalized spacial score (nSPS) is 25.0. The highest BCUT2D eigenvalue weighted by atomic mass is 16.2. The van der Waals surface area contributed by atoms with Crippen molar-refractivity contribution >= 4 is 11.8 Å². The van der Waals surface area contributed by atoms with Crippen LogP contribution in [0.4, 0.5) is 0 Å². The molecule has 3 rings (SSSR count). The molecule has 1 aliphatic heterocycles. The zero-order valence-electron chi connectivity index (χ0n) is 16.0. The van der Waals surface area contributed by atoms with Crippen LogP contribution < -0.4 is 5.32 Å². The number of hydrogen-bond donors (Lipinski definition) is 1. The van der Waals surface area contributed by atoms with Crippen molar-refractivity contribution in [2.75, 3.05) is 6.54 Å². The third-order valence-corrected chi connectivity index (χ3v) is 5.98.